The van der Waals surface area contributed by atoms with Crippen LogP contribution in [0.25, 0.3) is 5.69 Å². The van der Waals surface area contributed by atoms with Gasteiger partial charge in [0.2, 0.25) is 0 Å². The molecule has 0 fully saturated rings. The number of nitrogens with zero attached hydrogens (tertiary/aromatic N) is 2. The van der Waals surface area contributed by atoms with Crippen LogP contribution in [0, 0.1) is 11.6 Å². The van der Waals surface area contributed by atoms with Crippen LogP contribution in [0.15, 0.2) is 24.5 Å². The lowest BCUT2D eigenvalue weighted by molar-refractivity contribution is 0.558. The third kappa shape index (κ3) is 2.03. The summed E-state index contributed by atoms with van der Waals surface area (Å²) in [6.07, 6.45) is 2.62. The Kier molecular flexibility index (Phi) is 3.12. The first-order valence-corrected chi connectivity index (χ1v) is 5.27. The second-order valence-electron chi connectivity index (χ2n) is 3.14. The molecule has 0 saturated carbocycles. The molecule has 6 heteroatoms. The van der Waals surface area contributed by atoms with Crippen LogP contribution in [0.5, 0.6) is 0 Å². The van der Waals surface area contributed by atoms with Crippen molar-refractivity contribution in [2.24, 2.45) is 0 Å². The van der Waals surface area contributed by atoms with Gasteiger partial charge in [0.15, 0.2) is 11.6 Å². The first-order valence-electron chi connectivity index (χ1n) is 4.36. The summed E-state index contributed by atoms with van der Waals surface area (Å²) in [5, 5.41) is 4.04. The van der Waals surface area contributed by atoms with Crippen LogP contribution in [0.4, 0.5) is 8.78 Å². The standard InChI is InChI=1S/C10H6Cl2F2N2/c11-3-6-1-8(13)10(9(14)2-6)16-5-7(12)4-15-16/h1-2,4-5H,3H2. The Morgan fingerprint density at radius 1 is 1.25 bits per heavy atom. The molecule has 0 amide bonds. The minimum absolute atomic E-state index is 0.0496. The molecule has 0 spiro atoms. The fourth-order valence-electron chi connectivity index (χ4n) is 1.34. The van der Waals surface area contributed by atoms with Crippen molar-refractivity contribution >= 4 is 23.2 Å². The third-order valence-corrected chi connectivity index (χ3v) is 2.51. The van der Waals surface area contributed by atoms with Crippen LogP contribution >= 0.6 is 23.2 Å². The van der Waals surface area contributed by atoms with Crippen molar-refractivity contribution in [3.63, 3.8) is 0 Å². The molecule has 0 unspecified atom stereocenters. The van der Waals surface area contributed by atoms with Crippen LogP contribution in [-0.2, 0) is 5.88 Å². The van der Waals surface area contributed by atoms with Crippen LogP contribution in [0.1, 0.15) is 5.56 Å². The molecule has 0 atom stereocenters. The molecular formula is C10H6Cl2F2N2. The average molecular weight is 263 g/mol. The van der Waals surface area contributed by atoms with Gasteiger partial charge < -0.3 is 0 Å². The van der Waals surface area contributed by atoms with Gasteiger partial charge in [0.1, 0.15) is 5.69 Å². The van der Waals surface area contributed by atoms with E-state index in [1.54, 1.807) is 0 Å². The van der Waals surface area contributed by atoms with E-state index in [2.05, 4.69) is 5.10 Å². The van der Waals surface area contributed by atoms with Crippen LogP contribution < -0.4 is 0 Å². The van der Waals surface area contributed by atoms with Gasteiger partial charge in [-0.25, -0.2) is 13.5 Å². The van der Waals surface area contributed by atoms with E-state index < -0.39 is 11.6 Å². The van der Waals surface area contributed by atoms with E-state index in [1.165, 1.54) is 24.5 Å². The quantitative estimate of drug-likeness (QED) is 0.757. The average Bonchev–Trinajstić information content (AvgIpc) is 2.63. The van der Waals surface area contributed by atoms with Gasteiger partial charge in [-0.15, -0.1) is 11.6 Å². The first kappa shape index (κ1) is 11.4. The molecule has 0 aliphatic heterocycles. The second-order valence-corrected chi connectivity index (χ2v) is 3.85. The number of aromatic nitrogens is 2. The molecule has 1 heterocycles. The minimum atomic E-state index is -0.726. The third-order valence-electron chi connectivity index (χ3n) is 2.01. The number of hydrogen-bond donors (Lipinski definition) is 0. The van der Waals surface area contributed by atoms with Crippen molar-refractivity contribution in [3.8, 4) is 5.69 Å². The van der Waals surface area contributed by atoms with E-state index in [9.17, 15) is 8.78 Å². The van der Waals surface area contributed by atoms with E-state index in [0.29, 0.717) is 10.6 Å². The van der Waals surface area contributed by atoms with Crippen LogP contribution in [0.2, 0.25) is 5.02 Å². The molecule has 0 bridgehead atoms. The Balaban J connectivity index is 2.57. The maximum atomic E-state index is 13.6. The molecule has 0 N–H and O–H groups in total. The highest BCUT2D eigenvalue weighted by Gasteiger charge is 2.13. The maximum absolute atomic E-state index is 13.6. The van der Waals surface area contributed by atoms with Crippen molar-refractivity contribution in [1.29, 1.82) is 0 Å². The van der Waals surface area contributed by atoms with Gasteiger partial charge in [-0.3, -0.25) is 0 Å². The molecular weight excluding hydrogens is 257 g/mol. The Bertz CT molecular complexity index is 502. The lowest BCUT2D eigenvalue weighted by Crippen LogP contribution is -2.03. The molecule has 0 aliphatic rings. The molecule has 2 rings (SSSR count). The number of benzene rings is 1. The summed E-state index contributed by atoms with van der Waals surface area (Å²) >= 11 is 11.1. The Hall–Kier alpha value is -1.13. The zero-order chi connectivity index (χ0) is 11.7. The zero-order valence-corrected chi connectivity index (χ0v) is 9.43. The van der Waals surface area contributed by atoms with E-state index in [4.69, 9.17) is 23.2 Å². The Labute approximate surface area is 100 Å². The molecule has 0 aliphatic carbocycles. The van der Waals surface area contributed by atoms with Crippen molar-refractivity contribution < 1.29 is 8.78 Å². The van der Waals surface area contributed by atoms with Crippen molar-refractivity contribution in [3.05, 3.63) is 46.7 Å². The monoisotopic (exact) mass is 262 g/mol. The van der Waals surface area contributed by atoms with E-state index in [0.717, 1.165) is 4.68 Å². The van der Waals surface area contributed by atoms with Gasteiger partial charge in [-0.05, 0) is 17.7 Å². The summed E-state index contributed by atoms with van der Waals surface area (Å²) in [5.74, 6) is -1.40. The summed E-state index contributed by atoms with van der Waals surface area (Å²) < 4.78 is 28.2. The number of hydrogen-bond acceptors (Lipinski definition) is 1. The fraction of sp³-hybridized carbons (Fsp3) is 0.100. The molecule has 2 nitrogen and oxygen atoms in total. The highest BCUT2D eigenvalue weighted by molar-refractivity contribution is 6.30. The Morgan fingerprint density at radius 3 is 2.31 bits per heavy atom. The van der Waals surface area contributed by atoms with Gasteiger partial charge in [-0.2, -0.15) is 5.10 Å². The van der Waals surface area contributed by atoms with Crippen LogP contribution in [-0.4, -0.2) is 9.78 Å². The molecule has 1 aromatic carbocycles. The Morgan fingerprint density at radius 2 is 1.88 bits per heavy atom. The molecule has 2 aromatic rings. The predicted octanol–water partition coefficient (Wildman–Crippen LogP) is 3.54. The molecule has 84 valence electrons. The molecule has 16 heavy (non-hydrogen) atoms. The number of halogens is 4. The normalized spacial score (nSPS) is 10.8. The highest BCUT2D eigenvalue weighted by Crippen LogP contribution is 2.21. The summed E-state index contributed by atoms with van der Waals surface area (Å²) in [4.78, 5) is 0. The number of alkyl halides is 1. The molecule has 0 radical (unpaired) electrons. The van der Waals surface area contributed by atoms with Crippen molar-refractivity contribution in [1.82, 2.24) is 9.78 Å². The lowest BCUT2D eigenvalue weighted by atomic mass is 10.2. The van der Waals surface area contributed by atoms with Gasteiger partial charge >= 0.3 is 0 Å². The topological polar surface area (TPSA) is 17.8 Å². The first-order chi connectivity index (χ1) is 7.61. The molecule has 0 saturated heterocycles. The van der Waals surface area contributed by atoms with E-state index in [-0.39, 0.29) is 11.6 Å². The SMILES string of the molecule is Fc1cc(CCl)cc(F)c1-n1cc(Cl)cn1. The molecule has 1 aromatic heterocycles. The van der Waals surface area contributed by atoms with Gasteiger partial charge in [-0.1, -0.05) is 11.6 Å². The van der Waals surface area contributed by atoms with Crippen LogP contribution in [0.3, 0.4) is 0 Å². The summed E-state index contributed by atoms with van der Waals surface area (Å²) in [7, 11) is 0. The van der Waals surface area contributed by atoms with Crippen molar-refractivity contribution in [2.45, 2.75) is 5.88 Å². The largest absolute Gasteiger partial charge is 0.233 e. The second kappa shape index (κ2) is 4.39. The van der Waals surface area contributed by atoms with E-state index in [1.807, 2.05) is 0 Å². The summed E-state index contributed by atoms with van der Waals surface area (Å²) in [6.45, 7) is 0. The highest BCUT2D eigenvalue weighted by atomic mass is 35.5. The summed E-state index contributed by atoms with van der Waals surface area (Å²) in [5.41, 5.74) is 0.111. The lowest BCUT2D eigenvalue weighted by Gasteiger charge is -2.06. The van der Waals surface area contributed by atoms with E-state index >= 15 is 0 Å². The van der Waals surface area contributed by atoms with Gasteiger partial charge in [0, 0.05) is 12.1 Å². The zero-order valence-electron chi connectivity index (χ0n) is 7.92. The minimum Gasteiger partial charge on any atom is -0.233 e. The van der Waals surface area contributed by atoms with Gasteiger partial charge in [0.25, 0.3) is 0 Å². The van der Waals surface area contributed by atoms with Crippen molar-refractivity contribution in [2.75, 3.05) is 0 Å². The summed E-state index contributed by atoms with van der Waals surface area (Å²) in [6, 6.07) is 2.34. The van der Waals surface area contributed by atoms with Gasteiger partial charge in [0.05, 0.1) is 11.2 Å². The fourth-order valence-corrected chi connectivity index (χ4v) is 1.63. The predicted molar refractivity (Wildman–Crippen MR) is 58.0 cm³/mol. The number of rotatable bonds is 2. The maximum Gasteiger partial charge on any atom is 0.152 e. The smallest absolute Gasteiger partial charge is 0.152 e.